The fourth-order valence-electron chi connectivity index (χ4n) is 1.86. The number of rotatable bonds is 5. The van der Waals surface area contributed by atoms with Gasteiger partial charge in [-0.1, -0.05) is 17.7 Å². The summed E-state index contributed by atoms with van der Waals surface area (Å²) in [7, 11) is 0. The summed E-state index contributed by atoms with van der Waals surface area (Å²) in [6.45, 7) is 3.75. The van der Waals surface area contributed by atoms with Gasteiger partial charge in [-0.25, -0.2) is 0 Å². The van der Waals surface area contributed by atoms with E-state index in [0.29, 0.717) is 5.69 Å². The van der Waals surface area contributed by atoms with Gasteiger partial charge in [0.2, 0.25) is 5.91 Å². The Morgan fingerprint density at radius 3 is 2.21 bits per heavy atom. The second-order valence-electron chi connectivity index (χ2n) is 5.13. The first-order valence-corrected chi connectivity index (χ1v) is 8.01. The largest absolute Gasteiger partial charge is 0.573 e. The van der Waals surface area contributed by atoms with Gasteiger partial charge in [-0.3, -0.25) is 4.79 Å². The lowest BCUT2D eigenvalue weighted by Gasteiger charge is -2.13. The van der Waals surface area contributed by atoms with Crippen molar-refractivity contribution in [1.82, 2.24) is 0 Å². The minimum absolute atomic E-state index is 0.231. The molecule has 2 rings (SSSR count). The number of hydrogen-bond donors (Lipinski definition) is 1. The van der Waals surface area contributed by atoms with E-state index in [1.54, 1.807) is 6.92 Å². The van der Waals surface area contributed by atoms with Crippen molar-refractivity contribution in [3.8, 4) is 5.75 Å². The smallest absolute Gasteiger partial charge is 0.406 e. The zero-order chi connectivity index (χ0) is 17.7. The van der Waals surface area contributed by atoms with Crippen LogP contribution in [0.25, 0.3) is 0 Å². The summed E-state index contributed by atoms with van der Waals surface area (Å²) >= 11 is 1.41. The number of benzene rings is 2. The molecule has 1 atom stereocenters. The first-order chi connectivity index (χ1) is 11.2. The van der Waals surface area contributed by atoms with Crippen LogP contribution in [0.1, 0.15) is 12.5 Å². The number of carbonyl (C=O) groups excluding carboxylic acids is 1. The number of alkyl halides is 3. The first-order valence-electron chi connectivity index (χ1n) is 7.13. The zero-order valence-corrected chi connectivity index (χ0v) is 13.9. The number of thioether (sulfide) groups is 1. The van der Waals surface area contributed by atoms with Crippen LogP contribution in [0.5, 0.6) is 5.75 Å². The van der Waals surface area contributed by atoms with Crippen molar-refractivity contribution in [2.45, 2.75) is 30.4 Å². The minimum atomic E-state index is -4.73. The number of ether oxygens (including phenoxy) is 1. The van der Waals surface area contributed by atoms with Crippen molar-refractivity contribution in [2.75, 3.05) is 5.32 Å². The van der Waals surface area contributed by atoms with Gasteiger partial charge in [-0.05, 0) is 50.2 Å². The average molecular weight is 355 g/mol. The van der Waals surface area contributed by atoms with E-state index in [9.17, 15) is 18.0 Å². The van der Waals surface area contributed by atoms with Gasteiger partial charge >= 0.3 is 6.36 Å². The Balaban J connectivity index is 1.92. The van der Waals surface area contributed by atoms with E-state index >= 15 is 0 Å². The Kier molecular flexibility index (Phi) is 5.77. The number of amides is 1. The van der Waals surface area contributed by atoms with Crippen LogP contribution < -0.4 is 10.1 Å². The second kappa shape index (κ2) is 7.61. The van der Waals surface area contributed by atoms with E-state index < -0.39 is 6.36 Å². The summed E-state index contributed by atoms with van der Waals surface area (Å²) in [4.78, 5) is 13.1. The van der Waals surface area contributed by atoms with Gasteiger partial charge in [0.05, 0.1) is 5.25 Å². The molecule has 7 heteroatoms. The SMILES string of the molecule is Cc1ccc(SC(C)C(=O)Nc2ccc(OC(F)(F)F)cc2)cc1. The molecule has 0 spiro atoms. The molecule has 1 unspecified atom stereocenters. The molecule has 0 radical (unpaired) electrons. The molecular formula is C17H16F3NO2S. The highest BCUT2D eigenvalue weighted by Gasteiger charge is 2.31. The highest BCUT2D eigenvalue weighted by molar-refractivity contribution is 8.00. The van der Waals surface area contributed by atoms with Crippen LogP contribution in [0.15, 0.2) is 53.4 Å². The number of aryl methyl sites for hydroxylation is 1. The summed E-state index contributed by atoms with van der Waals surface area (Å²) in [5.41, 5.74) is 1.54. The molecule has 1 N–H and O–H groups in total. The molecule has 0 aliphatic carbocycles. The molecule has 0 aliphatic rings. The summed E-state index contributed by atoms with van der Waals surface area (Å²) in [5.74, 6) is -0.562. The summed E-state index contributed by atoms with van der Waals surface area (Å²) in [6, 6.07) is 12.8. The molecule has 0 aliphatic heterocycles. The van der Waals surface area contributed by atoms with Gasteiger partial charge in [0.15, 0.2) is 0 Å². The van der Waals surface area contributed by atoms with Crippen LogP contribution in [0, 0.1) is 6.92 Å². The molecule has 0 heterocycles. The van der Waals surface area contributed by atoms with E-state index in [1.165, 1.54) is 23.9 Å². The lowest BCUT2D eigenvalue weighted by molar-refractivity contribution is -0.274. The molecule has 0 saturated carbocycles. The van der Waals surface area contributed by atoms with Gasteiger partial charge in [0.25, 0.3) is 0 Å². The Bertz CT molecular complexity index is 684. The number of anilines is 1. The van der Waals surface area contributed by atoms with Crippen LogP contribution in [-0.4, -0.2) is 17.5 Å². The van der Waals surface area contributed by atoms with Gasteiger partial charge in [0.1, 0.15) is 5.75 Å². The second-order valence-corrected chi connectivity index (χ2v) is 6.55. The quantitative estimate of drug-likeness (QED) is 0.766. The van der Waals surface area contributed by atoms with E-state index in [0.717, 1.165) is 22.6 Å². The predicted octanol–water partition coefficient (Wildman–Crippen LogP) is 5.01. The highest BCUT2D eigenvalue weighted by atomic mass is 32.2. The summed E-state index contributed by atoms with van der Waals surface area (Å²) < 4.78 is 40.1. The molecule has 2 aromatic rings. The van der Waals surface area contributed by atoms with Crippen molar-refractivity contribution >= 4 is 23.4 Å². The average Bonchev–Trinajstić information content (AvgIpc) is 2.50. The normalized spacial score (nSPS) is 12.5. The molecule has 2 aromatic carbocycles. The van der Waals surface area contributed by atoms with E-state index in [-0.39, 0.29) is 16.9 Å². The Hall–Kier alpha value is -2.15. The molecule has 24 heavy (non-hydrogen) atoms. The van der Waals surface area contributed by atoms with Crippen LogP contribution in [0.2, 0.25) is 0 Å². The van der Waals surface area contributed by atoms with Gasteiger partial charge in [-0.15, -0.1) is 24.9 Å². The molecule has 128 valence electrons. The van der Waals surface area contributed by atoms with E-state index in [1.807, 2.05) is 31.2 Å². The number of halogens is 3. The van der Waals surface area contributed by atoms with E-state index in [2.05, 4.69) is 10.1 Å². The van der Waals surface area contributed by atoms with Crippen LogP contribution in [-0.2, 0) is 4.79 Å². The fourth-order valence-corrected chi connectivity index (χ4v) is 2.73. The van der Waals surface area contributed by atoms with Gasteiger partial charge in [-0.2, -0.15) is 0 Å². The van der Waals surface area contributed by atoms with Crippen molar-refractivity contribution < 1.29 is 22.7 Å². The minimum Gasteiger partial charge on any atom is -0.406 e. The molecular weight excluding hydrogens is 339 g/mol. The lowest BCUT2D eigenvalue weighted by atomic mass is 10.2. The third kappa shape index (κ3) is 5.81. The molecule has 0 bridgehead atoms. The predicted molar refractivity (Wildman–Crippen MR) is 88.3 cm³/mol. The van der Waals surface area contributed by atoms with E-state index in [4.69, 9.17) is 0 Å². The van der Waals surface area contributed by atoms with Crippen LogP contribution in [0.4, 0.5) is 18.9 Å². The maximum absolute atomic E-state index is 12.2. The van der Waals surface area contributed by atoms with Crippen molar-refractivity contribution in [3.05, 3.63) is 54.1 Å². The first kappa shape index (κ1) is 18.2. The number of carbonyl (C=O) groups is 1. The zero-order valence-electron chi connectivity index (χ0n) is 13.1. The lowest BCUT2D eigenvalue weighted by Crippen LogP contribution is -2.22. The Morgan fingerprint density at radius 1 is 1.08 bits per heavy atom. The highest BCUT2D eigenvalue weighted by Crippen LogP contribution is 2.26. The molecule has 3 nitrogen and oxygen atoms in total. The van der Waals surface area contributed by atoms with Crippen molar-refractivity contribution in [2.24, 2.45) is 0 Å². The molecule has 0 fully saturated rings. The molecule has 0 aromatic heterocycles. The molecule has 1 amide bonds. The summed E-state index contributed by atoms with van der Waals surface area (Å²) in [5, 5.41) is 2.32. The topological polar surface area (TPSA) is 38.3 Å². The third-order valence-electron chi connectivity index (χ3n) is 3.06. The Morgan fingerprint density at radius 2 is 1.67 bits per heavy atom. The number of nitrogens with one attached hydrogen (secondary N) is 1. The number of hydrogen-bond acceptors (Lipinski definition) is 3. The van der Waals surface area contributed by atoms with Crippen LogP contribution in [0.3, 0.4) is 0 Å². The van der Waals surface area contributed by atoms with Crippen molar-refractivity contribution in [1.29, 1.82) is 0 Å². The Labute approximate surface area is 142 Å². The maximum Gasteiger partial charge on any atom is 0.573 e. The monoisotopic (exact) mass is 355 g/mol. The van der Waals surface area contributed by atoms with Crippen LogP contribution >= 0.6 is 11.8 Å². The molecule has 0 saturated heterocycles. The van der Waals surface area contributed by atoms with Gasteiger partial charge in [0, 0.05) is 10.6 Å². The standard InChI is InChI=1S/C17H16F3NO2S/c1-11-3-9-15(10-4-11)24-12(2)16(22)21-13-5-7-14(8-6-13)23-17(18,19)20/h3-10,12H,1-2H3,(H,21,22). The van der Waals surface area contributed by atoms with Gasteiger partial charge < -0.3 is 10.1 Å². The fraction of sp³-hybridized carbons (Fsp3) is 0.235. The maximum atomic E-state index is 12.2. The third-order valence-corrected chi connectivity index (χ3v) is 4.17. The van der Waals surface area contributed by atoms with Crippen molar-refractivity contribution in [3.63, 3.8) is 0 Å². The summed E-state index contributed by atoms with van der Waals surface area (Å²) in [6.07, 6.45) is -4.73.